The fourth-order valence-corrected chi connectivity index (χ4v) is 2.84. The van der Waals surface area contributed by atoms with Gasteiger partial charge in [-0.15, -0.1) is 11.3 Å². The number of ether oxygens (including phenoxy) is 2. The number of hydrogen-bond acceptors (Lipinski definition) is 8. The van der Waals surface area contributed by atoms with Gasteiger partial charge in [0.2, 0.25) is 18.3 Å². The lowest BCUT2D eigenvalue weighted by Crippen LogP contribution is -2.18. The van der Waals surface area contributed by atoms with E-state index in [4.69, 9.17) is 14.3 Å². The summed E-state index contributed by atoms with van der Waals surface area (Å²) in [5.74, 6) is -0.450. The Kier molecular flexibility index (Phi) is 8.16. The third-order valence-corrected chi connectivity index (χ3v) is 4.51. The van der Waals surface area contributed by atoms with E-state index in [0.717, 1.165) is 16.2 Å². The minimum atomic E-state index is -0.699. The van der Waals surface area contributed by atoms with Crippen molar-refractivity contribution in [1.29, 1.82) is 0 Å². The van der Waals surface area contributed by atoms with Crippen molar-refractivity contribution in [2.75, 3.05) is 20.3 Å². The van der Waals surface area contributed by atoms with Crippen LogP contribution in [0.15, 0.2) is 41.6 Å². The van der Waals surface area contributed by atoms with Crippen LogP contribution in [0.2, 0.25) is 0 Å². The molecule has 0 saturated carbocycles. The Morgan fingerprint density at radius 2 is 1.86 bits per heavy atom. The molecule has 9 heteroatoms. The van der Waals surface area contributed by atoms with Gasteiger partial charge in [-0.1, -0.05) is 5.16 Å². The normalized spacial score (nSPS) is 10.5. The van der Waals surface area contributed by atoms with Gasteiger partial charge in [-0.25, -0.2) is 4.79 Å². The molecule has 0 bridgehead atoms. The van der Waals surface area contributed by atoms with Crippen LogP contribution in [-0.2, 0) is 25.7 Å². The zero-order valence-electron chi connectivity index (χ0n) is 15.5. The number of carbonyl (C=O) groups is 3. The maximum Gasteiger partial charge on any atom is 0.347 e. The average molecular weight is 404 g/mol. The zero-order chi connectivity index (χ0) is 20.4. The molecule has 0 aliphatic carbocycles. The molecule has 0 aliphatic rings. The van der Waals surface area contributed by atoms with Gasteiger partial charge in [0.1, 0.15) is 5.75 Å². The number of oxime groups is 1. The van der Waals surface area contributed by atoms with Gasteiger partial charge in [-0.2, -0.15) is 0 Å². The average Bonchev–Trinajstić information content (AvgIpc) is 3.17. The highest BCUT2D eigenvalue weighted by atomic mass is 32.1. The van der Waals surface area contributed by atoms with Crippen molar-refractivity contribution in [3.8, 4) is 5.75 Å². The first-order chi connectivity index (χ1) is 13.5. The molecule has 0 radical (unpaired) electrons. The Hall–Kier alpha value is -3.20. The number of amides is 1. The van der Waals surface area contributed by atoms with Crippen LogP contribution in [-0.4, -0.2) is 44.2 Å². The fourth-order valence-electron chi connectivity index (χ4n) is 1.97. The number of hydrogen-bond donors (Lipinski definition) is 1. The lowest BCUT2D eigenvalue weighted by atomic mass is 10.2. The predicted octanol–water partition coefficient (Wildman–Crippen LogP) is 2.17. The molecule has 1 heterocycles. The van der Waals surface area contributed by atoms with E-state index in [1.807, 2.05) is 0 Å². The van der Waals surface area contributed by atoms with Crippen molar-refractivity contribution in [3.63, 3.8) is 0 Å². The molecule has 0 spiro atoms. The molecule has 1 amide bonds. The summed E-state index contributed by atoms with van der Waals surface area (Å²) in [6.45, 7) is 0.984. The van der Waals surface area contributed by atoms with Crippen molar-refractivity contribution in [3.05, 3.63) is 51.7 Å². The lowest BCUT2D eigenvalue weighted by molar-refractivity contribution is -0.147. The highest BCUT2D eigenvalue weighted by Gasteiger charge is 2.13. The van der Waals surface area contributed by atoms with Crippen LogP contribution >= 0.6 is 11.3 Å². The number of esters is 1. The van der Waals surface area contributed by atoms with Crippen LogP contribution in [0, 0.1) is 0 Å². The molecule has 0 saturated heterocycles. The summed E-state index contributed by atoms with van der Waals surface area (Å²) in [5, 5.41) is 6.33. The van der Waals surface area contributed by atoms with Crippen LogP contribution in [0.5, 0.6) is 5.75 Å². The minimum absolute atomic E-state index is 0.148. The molecule has 2 aromatic rings. The first-order valence-corrected chi connectivity index (χ1v) is 9.11. The van der Waals surface area contributed by atoms with E-state index in [9.17, 15) is 14.4 Å². The number of ketones is 1. The second-order valence-electron chi connectivity index (χ2n) is 5.54. The number of nitrogens with zero attached hydrogens (tertiary/aromatic N) is 1. The zero-order valence-corrected chi connectivity index (χ0v) is 16.3. The van der Waals surface area contributed by atoms with Crippen LogP contribution in [0.4, 0.5) is 0 Å². The van der Waals surface area contributed by atoms with Crippen LogP contribution < -0.4 is 10.1 Å². The van der Waals surface area contributed by atoms with E-state index >= 15 is 0 Å². The number of Topliss-reactive ketones (excluding diaryl/α,β-unsaturated/α-hetero) is 1. The Morgan fingerprint density at radius 3 is 2.54 bits per heavy atom. The van der Waals surface area contributed by atoms with Crippen LogP contribution in [0.25, 0.3) is 0 Å². The van der Waals surface area contributed by atoms with E-state index in [0.29, 0.717) is 11.4 Å². The van der Waals surface area contributed by atoms with Gasteiger partial charge in [-0.3, -0.25) is 9.59 Å². The second kappa shape index (κ2) is 10.8. The third kappa shape index (κ3) is 7.20. The summed E-state index contributed by atoms with van der Waals surface area (Å²) >= 11 is 1.24. The van der Waals surface area contributed by atoms with Gasteiger partial charge < -0.3 is 19.6 Å². The highest BCUT2D eigenvalue weighted by molar-refractivity contribution is 7.14. The predicted molar refractivity (Wildman–Crippen MR) is 104 cm³/mol. The molecule has 0 fully saturated rings. The van der Waals surface area contributed by atoms with E-state index in [-0.39, 0.29) is 18.3 Å². The number of nitrogens with one attached hydrogen (secondary N) is 1. The summed E-state index contributed by atoms with van der Waals surface area (Å²) in [4.78, 5) is 40.7. The first kappa shape index (κ1) is 21.1. The maximum absolute atomic E-state index is 12.0. The monoisotopic (exact) mass is 404 g/mol. The van der Waals surface area contributed by atoms with Crippen molar-refractivity contribution < 1.29 is 28.7 Å². The van der Waals surface area contributed by atoms with Gasteiger partial charge in [0.05, 0.1) is 24.7 Å². The number of methoxy groups -OCH3 is 1. The molecule has 1 aromatic carbocycles. The van der Waals surface area contributed by atoms with E-state index in [2.05, 4.69) is 10.5 Å². The van der Waals surface area contributed by atoms with Crippen molar-refractivity contribution >= 4 is 35.2 Å². The van der Waals surface area contributed by atoms with E-state index < -0.39 is 12.6 Å². The fraction of sp³-hybridized carbons (Fsp3) is 0.263. The number of rotatable bonds is 10. The lowest BCUT2D eigenvalue weighted by Gasteiger charge is -2.02. The number of carbonyl (C=O) groups excluding carboxylic acids is 3. The van der Waals surface area contributed by atoms with Crippen molar-refractivity contribution in [2.24, 2.45) is 5.16 Å². The second-order valence-corrected chi connectivity index (χ2v) is 6.71. The molecule has 28 heavy (non-hydrogen) atoms. The highest BCUT2D eigenvalue weighted by Crippen LogP contribution is 2.17. The molecule has 1 aromatic heterocycles. The first-order valence-electron chi connectivity index (χ1n) is 8.29. The van der Waals surface area contributed by atoms with Gasteiger partial charge in [0.25, 0.3) is 0 Å². The van der Waals surface area contributed by atoms with E-state index in [1.54, 1.807) is 43.5 Å². The summed E-state index contributed by atoms with van der Waals surface area (Å²) < 4.78 is 9.93. The topological polar surface area (TPSA) is 103 Å². The molecule has 0 aliphatic heterocycles. The van der Waals surface area contributed by atoms with Crippen molar-refractivity contribution in [2.45, 2.75) is 13.5 Å². The molecule has 0 atom stereocenters. The Bertz CT molecular complexity index is 844. The SMILES string of the molecule is COc1ccc(/C=N/OCC(=O)OCC(=O)c2ccc(CNC(C)=O)s2)cc1. The third-order valence-electron chi connectivity index (χ3n) is 3.39. The number of thiophene rings is 1. The summed E-state index contributed by atoms with van der Waals surface area (Å²) in [5.41, 5.74) is 0.775. The minimum Gasteiger partial charge on any atom is -0.497 e. The van der Waals surface area contributed by atoms with Gasteiger partial charge in [0, 0.05) is 11.8 Å². The summed E-state index contributed by atoms with van der Waals surface area (Å²) in [6, 6.07) is 10.5. The Balaban J connectivity index is 1.69. The maximum atomic E-state index is 12.0. The molecular formula is C19H20N2O6S. The van der Waals surface area contributed by atoms with Crippen LogP contribution in [0.3, 0.4) is 0 Å². The van der Waals surface area contributed by atoms with Crippen LogP contribution in [0.1, 0.15) is 27.0 Å². The molecular weight excluding hydrogens is 384 g/mol. The van der Waals surface area contributed by atoms with Gasteiger partial charge in [0.15, 0.2) is 6.61 Å². The Labute approximate surface area is 166 Å². The smallest absolute Gasteiger partial charge is 0.347 e. The summed E-state index contributed by atoms with van der Waals surface area (Å²) in [7, 11) is 1.58. The van der Waals surface area contributed by atoms with E-state index in [1.165, 1.54) is 24.5 Å². The molecule has 8 nitrogen and oxygen atoms in total. The Morgan fingerprint density at radius 1 is 1.11 bits per heavy atom. The standard InChI is InChI=1S/C19H20N2O6S/c1-13(22)20-10-16-7-8-18(28-16)17(23)11-26-19(24)12-27-21-9-14-3-5-15(25-2)6-4-14/h3-9H,10-12H2,1-2H3,(H,20,22)/b21-9+. The number of benzene rings is 1. The van der Waals surface area contributed by atoms with Gasteiger partial charge in [-0.05, 0) is 42.0 Å². The van der Waals surface area contributed by atoms with Crippen molar-refractivity contribution in [1.82, 2.24) is 5.32 Å². The molecule has 2 rings (SSSR count). The molecule has 1 N–H and O–H groups in total. The largest absolute Gasteiger partial charge is 0.497 e. The molecule has 0 unspecified atom stereocenters. The summed E-state index contributed by atoms with van der Waals surface area (Å²) in [6.07, 6.45) is 1.44. The van der Waals surface area contributed by atoms with Gasteiger partial charge >= 0.3 is 5.97 Å². The molecule has 148 valence electrons. The quantitative estimate of drug-likeness (QED) is 0.282.